The minimum absolute atomic E-state index is 0.210. The Kier molecular flexibility index (Phi) is 3.33. The van der Waals surface area contributed by atoms with Crippen LogP contribution in [0, 0.1) is 6.92 Å². The third kappa shape index (κ3) is 1.80. The van der Waals surface area contributed by atoms with Gasteiger partial charge in [0.15, 0.2) is 17.2 Å². The number of hydrogen-bond donors (Lipinski definition) is 0. The van der Waals surface area contributed by atoms with Gasteiger partial charge in [-0.2, -0.15) is 0 Å². The van der Waals surface area contributed by atoms with E-state index < -0.39 is 0 Å². The summed E-state index contributed by atoms with van der Waals surface area (Å²) >= 11 is 0. The molecule has 1 aromatic heterocycles. The van der Waals surface area contributed by atoms with Crippen LogP contribution in [-0.4, -0.2) is 30.9 Å². The number of aromatic nitrogens is 2. The number of rotatable bonds is 3. The minimum atomic E-state index is -0.210. The monoisotopic (exact) mass is 264 g/mol. The molecule has 6 heteroatoms. The molecule has 0 saturated heterocycles. The van der Waals surface area contributed by atoms with Crippen molar-refractivity contribution in [2.24, 2.45) is 7.05 Å². The Morgan fingerprint density at radius 2 is 1.63 bits per heavy atom. The molecule has 0 aliphatic rings. The lowest BCUT2D eigenvalue weighted by Gasteiger charge is -2.16. The molecule has 0 fully saturated rings. The van der Waals surface area contributed by atoms with E-state index in [2.05, 4.69) is 4.98 Å². The fourth-order valence-electron chi connectivity index (χ4n) is 2.17. The van der Waals surface area contributed by atoms with E-state index in [-0.39, 0.29) is 5.56 Å². The summed E-state index contributed by atoms with van der Waals surface area (Å²) in [5, 5.41) is 0.354. The number of hydrogen-bond acceptors (Lipinski definition) is 5. The maximum Gasteiger partial charge on any atom is 0.264 e. The minimum Gasteiger partial charge on any atom is -0.494 e. The van der Waals surface area contributed by atoms with Gasteiger partial charge < -0.3 is 18.8 Å². The molecule has 6 nitrogen and oxygen atoms in total. The number of fused-ring (bicyclic) bond motifs is 1. The lowest BCUT2D eigenvalue weighted by molar-refractivity contribution is 0.350. The van der Waals surface area contributed by atoms with Crippen LogP contribution < -0.4 is 19.8 Å². The second-order valence-electron chi connectivity index (χ2n) is 4.11. The van der Waals surface area contributed by atoms with Crippen LogP contribution in [0.4, 0.5) is 0 Å². The first-order valence-electron chi connectivity index (χ1n) is 5.70. The molecule has 0 bridgehead atoms. The smallest absolute Gasteiger partial charge is 0.264 e. The molecule has 2 rings (SSSR count). The third-order valence-electron chi connectivity index (χ3n) is 3.07. The van der Waals surface area contributed by atoms with Crippen molar-refractivity contribution in [2.75, 3.05) is 21.3 Å². The molecule has 102 valence electrons. The molecule has 0 spiro atoms. The highest BCUT2D eigenvalue weighted by Gasteiger charge is 2.22. The zero-order chi connectivity index (χ0) is 14.2. The largest absolute Gasteiger partial charge is 0.494 e. The van der Waals surface area contributed by atoms with E-state index in [4.69, 9.17) is 14.2 Å². The summed E-state index contributed by atoms with van der Waals surface area (Å²) in [6.45, 7) is 1.83. The Bertz CT molecular complexity index is 691. The van der Waals surface area contributed by atoms with Crippen LogP contribution in [0.25, 0.3) is 10.9 Å². The predicted octanol–water partition coefficient (Wildman–Crippen LogP) is 1.27. The lowest BCUT2D eigenvalue weighted by Crippen LogP contribution is -2.18. The molecule has 2 aromatic rings. The highest BCUT2D eigenvalue weighted by molar-refractivity contribution is 5.93. The molecule has 0 amide bonds. The summed E-state index contributed by atoms with van der Waals surface area (Å²) in [6, 6.07) is 0. The number of nitrogens with zero attached hydrogens (tertiary/aromatic N) is 2. The second-order valence-corrected chi connectivity index (χ2v) is 4.11. The highest BCUT2D eigenvalue weighted by Crippen LogP contribution is 2.42. The first-order chi connectivity index (χ1) is 9.06. The van der Waals surface area contributed by atoms with Gasteiger partial charge in [0.25, 0.3) is 5.56 Å². The van der Waals surface area contributed by atoms with Crippen LogP contribution in [-0.2, 0) is 7.05 Å². The van der Waals surface area contributed by atoms with Gasteiger partial charge in [0.2, 0.25) is 0 Å². The van der Waals surface area contributed by atoms with Crippen molar-refractivity contribution in [3.05, 3.63) is 22.2 Å². The molecule has 0 aliphatic carbocycles. The van der Waals surface area contributed by atoms with E-state index in [0.29, 0.717) is 28.2 Å². The summed E-state index contributed by atoms with van der Waals surface area (Å²) in [6.07, 6.45) is 1.46. The zero-order valence-corrected chi connectivity index (χ0v) is 11.6. The van der Waals surface area contributed by atoms with Gasteiger partial charge in [0.05, 0.1) is 27.7 Å². The normalized spacial score (nSPS) is 10.6. The van der Waals surface area contributed by atoms with Gasteiger partial charge in [0, 0.05) is 12.6 Å². The molecule has 0 atom stereocenters. The van der Waals surface area contributed by atoms with Crippen molar-refractivity contribution in [2.45, 2.75) is 6.92 Å². The fraction of sp³-hybridized carbons (Fsp3) is 0.385. The molecule has 0 radical (unpaired) electrons. The average Bonchev–Trinajstić information content (AvgIpc) is 2.41. The molecule has 19 heavy (non-hydrogen) atoms. The van der Waals surface area contributed by atoms with Gasteiger partial charge in [-0.25, -0.2) is 4.98 Å². The first-order valence-corrected chi connectivity index (χ1v) is 5.70. The molecule has 1 aromatic carbocycles. The Balaban J connectivity index is 3.10. The van der Waals surface area contributed by atoms with E-state index in [1.54, 1.807) is 7.05 Å². The van der Waals surface area contributed by atoms with Crippen LogP contribution in [0.5, 0.6) is 17.2 Å². The third-order valence-corrected chi connectivity index (χ3v) is 3.07. The van der Waals surface area contributed by atoms with Crippen molar-refractivity contribution in [1.82, 2.24) is 9.55 Å². The molecule has 0 saturated carbocycles. The number of benzene rings is 1. The van der Waals surface area contributed by atoms with Gasteiger partial charge in [-0.3, -0.25) is 4.79 Å². The first kappa shape index (κ1) is 13.2. The molecule has 0 aliphatic heterocycles. The summed E-state index contributed by atoms with van der Waals surface area (Å²) in [7, 11) is 6.19. The van der Waals surface area contributed by atoms with E-state index in [1.165, 1.54) is 32.2 Å². The Morgan fingerprint density at radius 1 is 1.05 bits per heavy atom. The molecule has 0 unspecified atom stereocenters. The summed E-state index contributed by atoms with van der Waals surface area (Å²) < 4.78 is 17.4. The van der Waals surface area contributed by atoms with Crippen LogP contribution in [0.2, 0.25) is 0 Å². The van der Waals surface area contributed by atoms with Crippen molar-refractivity contribution in [3.8, 4) is 17.2 Å². The van der Waals surface area contributed by atoms with Crippen molar-refractivity contribution >= 4 is 10.9 Å². The van der Waals surface area contributed by atoms with Crippen LogP contribution in [0.3, 0.4) is 0 Å². The molecule has 0 N–H and O–H groups in total. The second kappa shape index (κ2) is 4.79. The summed E-state index contributed by atoms with van der Waals surface area (Å²) in [5.41, 5.74) is 1.01. The van der Waals surface area contributed by atoms with Crippen LogP contribution in [0.15, 0.2) is 11.1 Å². The van der Waals surface area contributed by atoms with Crippen molar-refractivity contribution < 1.29 is 14.2 Å². The van der Waals surface area contributed by atoms with Gasteiger partial charge in [0.1, 0.15) is 10.9 Å². The zero-order valence-electron chi connectivity index (χ0n) is 11.6. The highest BCUT2D eigenvalue weighted by atomic mass is 16.5. The standard InChI is InChI=1S/C13H16N2O4/c1-7-10(17-3)9-8(12(19-5)11(7)18-4)13(16)15(2)6-14-9/h6H,1-5H3. The van der Waals surface area contributed by atoms with Crippen molar-refractivity contribution in [3.63, 3.8) is 0 Å². The lowest BCUT2D eigenvalue weighted by atomic mass is 10.1. The van der Waals surface area contributed by atoms with Gasteiger partial charge in [-0.1, -0.05) is 0 Å². The van der Waals surface area contributed by atoms with Gasteiger partial charge in [-0.15, -0.1) is 0 Å². The van der Waals surface area contributed by atoms with Gasteiger partial charge >= 0.3 is 0 Å². The van der Waals surface area contributed by atoms with Crippen LogP contribution >= 0.6 is 0 Å². The summed E-state index contributed by atoms with van der Waals surface area (Å²) in [5.74, 6) is 1.38. The van der Waals surface area contributed by atoms with Gasteiger partial charge in [-0.05, 0) is 6.92 Å². The molecule has 1 heterocycles. The Hall–Kier alpha value is -2.24. The quantitative estimate of drug-likeness (QED) is 0.835. The summed E-state index contributed by atoms with van der Waals surface area (Å²) in [4.78, 5) is 16.5. The number of methoxy groups -OCH3 is 3. The fourth-order valence-corrected chi connectivity index (χ4v) is 2.17. The topological polar surface area (TPSA) is 62.6 Å². The number of ether oxygens (including phenoxy) is 3. The van der Waals surface area contributed by atoms with Crippen molar-refractivity contribution in [1.29, 1.82) is 0 Å². The number of aryl methyl sites for hydroxylation is 1. The Morgan fingerprint density at radius 3 is 2.16 bits per heavy atom. The maximum atomic E-state index is 12.3. The van der Waals surface area contributed by atoms with E-state index in [9.17, 15) is 4.79 Å². The maximum absolute atomic E-state index is 12.3. The van der Waals surface area contributed by atoms with E-state index in [1.807, 2.05) is 6.92 Å². The average molecular weight is 264 g/mol. The van der Waals surface area contributed by atoms with Crippen LogP contribution in [0.1, 0.15) is 5.56 Å². The SMILES string of the molecule is COc1c(C)c(OC)c2ncn(C)c(=O)c2c1OC. The predicted molar refractivity (Wildman–Crippen MR) is 71.4 cm³/mol. The van der Waals surface area contributed by atoms with E-state index in [0.717, 1.165) is 5.56 Å². The Labute approximate surface area is 110 Å². The molecular weight excluding hydrogens is 248 g/mol. The van der Waals surface area contributed by atoms with E-state index >= 15 is 0 Å². The molecular formula is C13H16N2O4.